The highest BCUT2D eigenvalue weighted by Gasteiger charge is 2.35. The van der Waals surface area contributed by atoms with Crippen LogP contribution in [0.5, 0.6) is 0 Å². The third kappa shape index (κ3) is 5.50. The second kappa shape index (κ2) is 10.1. The molecule has 2 aromatic carbocycles. The number of nitrogens with zero attached hydrogens (tertiary/aromatic N) is 1. The summed E-state index contributed by atoms with van der Waals surface area (Å²) < 4.78 is 5.64. The predicted octanol–water partition coefficient (Wildman–Crippen LogP) is 4.80. The minimum atomic E-state index is -0.957. The van der Waals surface area contributed by atoms with Crippen molar-refractivity contribution in [2.45, 2.75) is 64.0 Å². The molecular formula is C28H34N2O5. The normalized spacial score (nSPS) is 19.6. The summed E-state index contributed by atoms with van der Waals surface area (Å²) in [6.45, 7) is 6.38. The summed E-state index contributed by atoms with van der Waals surface area (Å²) in [6, 6.07) is 15.6. The van der Waals surface area contributed by atoms with Crippen molar-refractivity contribution in [1.29, 1.82) is 0 Å². The van der Waals surface area contributed by atoms with Gasteiger partial charge in [-0.3, -0.25) is 4.79 Å². The minimum absolute atomic E-state index is 0.0210. The molecule has 2 unspecified atom stereocenters. The summed E-state index contributed by atoms with van der Waals surface area (Å²) in [4.78, 5) is 38.6. The van der Waals surface area contributed by atoms with Crippen molar-refractivity contribution in [2.75, 3.05) is 13.2 Å². The van der Waals surface area contributed by atoms with Gasteiger partial charge in [-0.05, 0) is 61.3 Å². The smallest absolute Gasteiger partial charge is 0.407 e. The molecule has 35 heavy (non-hydrogen) atoms. The Hall–Kier alpha value is -3.35. The van der Waals surface area contributed by atoms with Gasteiger partial charge in [-0.2, -0.15) is 0 Å². The van der Waals surface area contributed by atoms with Crippen molar-refractivity contribution in [3.05, 3.63) is 59.7 Å². The van der Waals surface area contributed by atoms with Gasteiger partial charge in [-0.25, -0.2) is 9.59 Å². The summed E-state index contributed by atoms with van der Waals surface area (Å²) in [7, 11) is 0. The van der Waals surface area contributed by atoms with Crippen LogP contribution in [0.25, 0.3) is 11.1 Å². The van der Waals surface area contributed by atoms with E-state index in [1.807, 2.05) is 45.0 Å². The number of carbonyl (C=O) groups is 3. The van der Waals surface area contributed by atoms with E-state index in [1.54, 1.807) is 0 Å². The molecule has 1 aliphatic heterocycles. The lowest BCUT2D eigenvalue weighted by Gasteiger charge is -2.36. The zero-order valence-electron chi connectivity index (χ0n) is 20.6. The molecular weight excluding hydrogens is 444 g/mol. The average Bonchev–Trinajstić information content (AvgIpc) is 3.14. The number of nitrogens with one attached hydrogen (secondary N) is 1. The standard InChI is InChI=1S/C28H34N2O5/c1-18-13-15-30(24(16-18)26(32)33)25(31)12-14-28(2,3)29-27(34)35-17-23-21-10-6-4-8-19(21)20-9-5-7-11-22(20)23/h4-11,18,23-24H,12-17H2,1-3H3,(H,29,34)(H,32,33). The van der Waals surface area contributed by atoms with Crippen molar-refractivity contribution in [3.63, 3.8) is 0 Å². The van der Waals surface area contributed by atoms with Crippen LogP contribution in [-0.2, 0) is 14.3 Å². The van der Waals surface area contributed by atoms with E-state index >= 15 is 0 Å². The molecule has 7 heteroatoms. The van der Waals surface area contributed by atoms with E-state index in [0.29, 0.717) is 19.4 Å². The van der Waals surface area contributed by atoms with E-state index in [-0.39, 0.29) is 30.8 Å². The van der Waals surface area contributed by atoms with E-state index in [4.69, 9.17) is 4.74 Å². The number of hydrogen-bond acceptors (Lipinski definition) is 4. The quantitative estimate of drug-likeness (QED) is 0.596. The van der Waals surface area contributed by atoms with Gasteiger partial charge in [0.2, 0.25) is 5.91 Å². The summed E-state index contributed by atoms with van der Waals surface area (Å²) >= 11 is 0. The molecule has 0 radical (unpaired) electrons. The second-order valence-electron chi connectivity index (χ2n) is 10.4. The first-order valence-electron chi connectivity index (χ1n) is 12.3. The number of piperidine rings is 1. The number of carboxylic acid groups (broad SMARTS) is 1. The van der Waals surface area contributed by atoms with Gasteiger partial charge in [0, 0.05) is 24.4 Å². The molecule has 1 aliphatic carbocycles. The third-order valence-electron chi connectivity index (χ3n) is 7.22. The van der Waals surface area contributed by atoms with Crippen LogP contribution < -0.4 is 5.32 Å². The topological polar surface area (TPSA) is 95.9 Å². The SMILES string of the molecule is CC1CCN(C(=O)CCC(C)(C)NC(=O)OCC2c3ccccc3-c3ccccc32)C(C(=O)O)C1. The molecule has 0 aromatic heterocycles. The largest absolute Gasteiger partial charge is 0.480 e. The highest BCUT2D eigenvalue weighted by Crippen LogP contribution is 2.44. The number of alkyl carbamates (subject to hydrolysis) is 1. The number of amides is 2. The van der Waals surface area contributed by atoms with Gasteiger partial charge in [0.1, 0.15) is 12.6 Å². The fourth-order valence-corrected chi connectivity index (χ4v) is 5.21. The van der Waals surface area contributed by atoms with Gasteiger partial charge in [-0.15, -0.1) is 0 Å². The van der Waals surface area contributed by atoms with Crippen LogP contribution in [0.15, 0.2) is 48.5 Å². The maximum atomic E-state index is 12.8. The van der Waals surface area contributed by atoms with Gasteiger partial charge in [0.25, 0.3) is 0 Å². The predicted molar refractivity (Wildman–Crippen MR) is 133 cm³/mol. The molecule has 2 amide bonds. The molecule has 2 aromatic rings. The number of carboxylic acids is 1. The van der Waals surface area contributed by atoms with Crippen molar-refractivity contribution >= 4 is 18.0 Å². The molecule has 2 aliphatic rings. The van der Waals surface area contributed by atoms with E-state index < -0.39 is 23.6 Å². The number of ether oxygens (including phenoxy) is 1. The minimum Gasteiger partial charge on any atom is -0.480 e. The van der Waals surface area contributed by atoms with Gasteiger partial charge >= 0.3 is 12.1 Å². The van der Waals surface area contributed by atoms with Crippen LogP contribution >= 0.6 is 0 Å². The number of likely N-dealkylation sites (tertiary alicyclic amines) is 1. The second-order valence-corrected chi connectivity index (χ2v) is 10.4. The van der Waals surface area contributed by atoms with E-state index in [1.165, 1.54) is 16.0 Å². The van der Waals surface area contributed by atoms with Crippen LogP contribution in [0.1, 0.15) is 63.5 Å². The Kier molecular flexibility index (Phi) is 7.15. The lowest BCUT2D eigenvalue weighted by Crippen LogP contribution is -2.50. The van der Waals surface area contributed by atoms with E-state index in [9.17, 15) is 19.5 Å². The van der Waals surface area contributed by atoms with Crippen molar-refractivity contribution in [3.8, 4) is 11.1 Å². The zero-order valence-corrected chi connectivity index (χ0v) is 20.6. The van der Waals surface area contributed by atoms with E-state index in [2.05, 4.69) is 29.6 Å². The van der Waals surface area contributed by atoms with E-state index in [0.717, 1.165) is 17.5 Å². The molecule has 0 spiro atoms. The van der Waals surface area contributed by atoms with Crippen LogP contribution in [0, 0.1) is 5.92 Å². The van der Waals surface area contributed by atoms with Crippen LogP contribution in [0.2, 0.25) is 0 Å². The molecule has 2 N–H and O–H groups in total. The third-order valence-corrected chi connectivity index (χ3v) is 7.22. The summed E-state index contributed by atoms with van der Waals surface area (Å²) in [6.07, 6.45) is 1.29. The van der Waals surface area contributed by atoms with Gasteiger partial charge in [-0.1, -0.05) is 55.5 Å². The molecule has 1 heterocycles. The highest BCUT2D eigenvalue weighted by atomic mass is 16.5. The Labute approximate surface area is 206 Å². The summed E-state index contributed by atoms with van der Waals surface area (Å²) in [5.74, 6) is -0.883. The highest BCUT2D eigenvalue weighted by molar-refractivity contribution is 5.84. The number of rotatable bonds is 7. The molecule has 1 saturated heterocycles. The number of fused-ring (bicyclic) bond motifs is 3. The Morgan fingerprint density at radius 1 is 1.06 bits per heavy atom. The zero-order chi connectivity index (χ0) is 25.2. The molecule has 0 bridgehead atoms. The lowest BCUT2D eigenvalue weighted by atomic mass is 9.91. The first-order chi connectivity index (χ1) is 16.7. The molecule has 7 nitrogen and oxygen atoms in total. The first kappa shape index (κ1) is 24.8. The molecule has 0 saturated carbocycles. The van der Waals surface area contributed by atoms with Gasteiger partial charge in [0.05, 0.1) is 0 Å². The lowest BCUT2D eigenvalue weighted by molar-refractivity contribution is -0.153. The van der Waals surface area contributed by atoms with Crippen molar-refractivity contribution < 1.29 is 24.2 Å². The first-order valence-corrected chi connectivity index (χ1v) is 12.3. The van der Waals surface area contributed by atoms with Crippen LogP contribution in [0.4, 0.5) is 4.79 Å². The Bertz CT molecular complexity index is 1070. The fraction of sp³-hybridized carbons (Fsp3) is 0.464. The number of benzene rings is 2. The maximum absolute atomic E-state index is 12.8. The summed E-state index contributed by atoms with van der Waals surface area (Å²) in [5, 5.41) is 12.4. The monoisotopic (exact) mass is 478 g/mol. The number of aliphatic carboxylic acids is 1. The number of carbonyl (C=O) groups excluding carboxylic acids is 2. The van der Waals surface area contributed by atoms with Crippen LogP contribution in [-0.4, -0.2) is 52.7 Å². The van der Waals surface area contributed by atoms with Gasteiger partial charge < -0.3 is 20.1 Å². The summed E-state index contributed by atoms with van der Waals surface area (Å²) in [5.41, 5.74) is 3.95. The maximum Gasteiger partial charge on any atom is 0.407 e. The fourth-order valence-electron chi connectivity index (χ4n) is 5.21. The Morgan fingerprint density at radius 3 is 2.26 bits per heavy atom. The molecule has 186 valence electrons. The molecule has 1 fully saturated rings. The molecule has 4 rings (SSSR count). The Morgan fingerprint density at radius 2 is 1.66 bits per heavy atom. The van der Waals surface area contributed by atoms with Crippen molar-refractivity contribution in [1.82, 2.24) is 10.2 Å². The average molecular weight is 479 g/mol. The number of hydrogen-bond donors (Lipinski definition) is 2. The Balaban J connectivity index is 1.31. The van der Waals surface area contributed by atoms with Crippen LogP contribution in [0.3, 0.4) is 0 Å². The van der Waals surface area contributed by atoms with Crippen molar-refractivity contribution in [2.24, 2.45) is 5.92 Å². The van der Waals surface area contributed by atoms with Gasteiger partial charge in [0.15, 0.2) is 0 Å². The molecule has 2 atom stereocenters.